The number of benzene rings is 2. The first-order valence-electron chi connectivity index (χ1n) is 10.1. The van der Waals surface area contributed by atoms with Crippen molar-refractivity contribution in [3.05, 3.63) is 105 Å². The Balaban J connectivity index is 1.75. The van der Waals surface area contributed by atoms with Crippen molar-refractivity contribution < 1.29 is 13.6 Å². The Morgan fingerprint density at radius 2 is 1.79 bits per heavy atom. The molecule has 0 bridgehead atoms. The van der Waals surface area contributed by atoms with Crippen LogP contribution in [0.3, 0.4) is 0 Å². The Hall–Kier alpha value is -3.76. The van der Waals surface area contributed by atoms with Gasteiger partial charge in [0, 0.05) is 23.9 Å². The lowest BCUT2D eigenvalue weighted by atomic mass is 10.1. The minimum Gasteiger partial charge on any atom is -0.754 e. The second kappa shape index (κ2) is 10.7. The van der Waals surface area contributed by atoms with Gasteiger partial charge in [0.2, 0.25) is 5.91 Å². The predicted molar refractivity (Wildman–Crippen MR) is 126 cm³/mol. The Morgan fingerprint density at radius 3 is 2.39 bits per heavy atom. The van der Waals surface area contributed by atoms with Crippen LogP contribution in [0.15, 0.2) is 71.7 Å². The summed E-state index contributed by atoms with van der Waals surface area (Å²) in [5.74, 6) is -0.414. The van der Waals surface area contributed by atoms with E-state index in [9.17, 15) is 18.4 Å². The van der Waals surface area contributed by atoms with Crippen LogP contribution >= 0.6 is 0 Å². The van der Waals surface area contributed by atoms with Gasteiger partial charge in [-0.15, -0.1) is 0 Å². The standard InChI is InChI=1S/C23H25N5O4S/c1-16-11-12-27(28(33(31)32)15-18-5-3-2-4-6-18)23(30)20(16)13-21(29)26-14-17-7-9-19(10-8-17)22(24)25/h2-12H,13-15H2,1H3,(H3,24,25)(H,26,29)(H,31,32)/p-1. The average molecular weight is 467 g/mol. The highest BCUT2D eigenvalue weighted by Gasteiger charge is 2.16. The van der Waals surface area contributed by atoms with Gasteiger partial charge in [-0.05, 0) is 29.7 Å². The van der Waals surface area contributed by atoms with E-state index in [1.54, 1.807) is 61.5 Å². The van der Waals surface area contributed by atoms with E-state index in [2.05, 4.69) is 5.32 Å². The number of carbonyl (C=O) groups is 1. The number of aryl methyl sites for hydroxylation is 1. The molecule has 9 nitrogen and oxygen atoms in total. The van der Waals surface area contributed by atoms with Gasteiger partial charge in [0.15, 0.2) is 0 Å². The maximum Gasteiger partial charge on any atom is 0.273 e. The van der Waals surface area contributed by atoms with Crippen LogP contribution in [0.5, 0.6) is 0 Å². The van der Waals surface area contributed by atoms with Crippen molar-refractivity contribution >= 4 is 23.0 Å². The van der Waals surface area contributed by atoms with Crippen molar-refractivity contribution in [2.24, 2.45) is 5.73 Å². The van der Waals surface area contributed by atoms with Gasteiger partial charge < -0.3 is 15.6 Å². The van der Waals surface area contributed by atoms with Crippen LogP contribution in [-0.2, 0) is 35.6 Å². The molecule has 1 unspecified atom stereocenters. The summed E-state index contributed by atoms with van der Waals surface area (Å²) in [5.41, 5.74) is 7.78. The number of nitrogen functional groups attached to an aromatic ring is 1. The van der Waals surface area contributed by atoms with Crippen molar-refractivity contribution in [2.75, 3.05) is 4.41 Å². The Labute approximate surface area is 193 Å². The molecule has 0 saturated carbocycles. The van der Waals surface area contributed by atoms with Crippen LogP contribution in [0.4, 0.5) is 0 Å². The largest absolute Gasteiger partial charge is 0.754 e. The molecule has 0 aliphatic rings. The van der Waals surface area contributed by atoms with Gasteiger partial charge in [0.25, 0.3) is 5.56 Å². The van der Waals surface area contributed by atoms with Gasteiger partial charge in [-0.3, -0.25) is 19.2 Å². The van der Waals surface area contributed by atoms with Gasteiger partial charge in [-0.1, -0.05) is 54.6 Å². The molecule has 2 aromatic carbocycles. The molecule has 1 atom stereocenters. The first-order valence-corrected chi connectivity index (χ1v) is 11.1. The molecule has 1 amide bonds. The summed E-state index contributed by atoms with van der Waals surface area (Å²) in [6, 6.07) is 17.4. The van der Waals surface area contributed by atoms with Gasteiger partial charge >= 0.3 is 0 Å². The molecule has 0 aliphatic carbocycles. The topological polar surface area (TPSA) is 144 Å². The molecule has 3 rings (SSSR count). The maximum atomic E-state index is 13.1. The lowest BCUT2D eigenvalue weighted by Gasteiger charge is -2.28. The normalized spacial score (nSPS) is 11.6. The maximum absolute atomic E-state index is 13.1. The zero-order valence-electron chi connectivity index (χ0n) is 18.0. The summed E-state index contributed by atoms with van der Waals surface area (Å²) in [6.07, 6.45) is 1.19. The number of nitrogens with zero attached hydrogens (tertiary/aromatic N) is 2. The highest BCUT2D eigenvalue weighted by molar-refractivity contribution is 7.80. The molecule has 0 spiro atoms. The smallest absolute Gasteiger partial charge is 0.273 e. The zero-order chi connectivity index (χ0) is 24.0. The Kier molecular flexibility index (Phi) is 7.75. The van der Waals surface area contributed by atoms with Gasteiger partial charge in [0.05, 0.1) is 24.2 Å². The van der Waals surface area contributed by atoms with Crippen molar-refractivity contribution in [3.63, 3.8) is 0 Å². The number of amides is 1. The van der Waals surface area contributed by atoms with Crippen LogP contribution in [0, 0.1) is 12.3 Å². The molecular formula is C23H24N5O4S-. The van der Waals surface area contributed by atoms with Crippen LogP contribution in [0.25, 0.3) is 0 Å². The number of carbonyl (C=O) groups excluding carboxylic acids is 1. The SMILES string of the molecule is Cc1ccn(N(Cc2ccccc2)S(=O)[O-])c(=O)c1CC(=O)NCc1ccc(C(=N)N)cc1. The van der Waals surface area contributed by atoms with E-state index in [1.807, 2.05) is 6.07 Å². The summed E-state index contributed by atoms with van der Waals surface area (Å²) in [7, 11) is 0. The number of nitrogens with one attached hydrogen (secondary N) is 2. The summed E-state index contributed by atoms with van der Waals surface area (Å²) in [6.45, 7) is 1.91. The Morgan fingerprint density at radius 1 is 1.12 bits per heavy atom. The van der Waals surface area contributed by atoms with E-state index >= 15 is 0 Å². The zero-order valence-corrected chi connectivity index (χ0v) is 18.8. The number of nitrogens with two attached hydrogens (primary N) is 1. The molecule has 1 heterocycles. The fraction of sp³-hybridized carbons (Fsp3) is 0.174. The molecular weight excluding hydrogens is 442 g/mol. The third-order valence-electron chi connectivity index (χ3n) is 5.07. The summed E-state index contributed by atoms with van der Waals surface area (Å²) >= 11 is -2.70. The molecule has 10 heteroatoms. The molecule has 0 aliphatic heterocycles. The average Bonchev–Trinajstić information content (AvgIpc) is 2.80. The van der Waals surface area contributed by atoms with Crippen molar-refractivity contribution in [3.8, 4) is 0 Å². The van der Waals surface area contributed by atoms with Crippen molar-refractivity contribution in [1.29, 1.82) is 5.41 Å². The number of hydrogen-bond donors (Lipinski definition) is 3. The second-order valence-electron chi connectivity index (χ2n) is 7.40. The summed E-state index contributed by atoms with van der Waals surface area (Å²) in [4.78, 5) is 25.6. The van der Waals surface area contributed by atoms with Crippen LogP contribution < -0.4 is 21.0 Å². The first kappa shape index (κ1) is 23.9. The van der Waals surface area contributed by atoms with Crippen LogP contribution in [-0.4, -0.2) is 25.2 Å². The van der Waals surface area contributed by atoms with E-state index < -0.39 is 16.8 Å². The highest BCUT2D eigenvalue weighted by Crippen LogP contribution is 2.09. The molecule has 3 aromatic rings. The molecule has 0 fully saturated rings. The minimum absolute atomic E-state index is 0.0260. The number of amidine groups is 1. The molecule has 172 valence electrons. The van der Waals surface area contributed by atoms with Gasteiger partial charge in [-0.25, -0.2) is 9.09 Å². The first-order chi connectivity index (χ1) is 15.8. The summed E-state index contributed by atoms with van der Waals surface area (Å²) < 4.78 is 25.7. The van der Waals surface area contributed by atoms with E-state index in [0.29, 0.717) is 16.7 Å². The fourth-order valence-corrected chi connectivity index (χ4v) is 3.74. The number of rotatable bonds is 9. The highest BCUT2D eigenvalue weighted by atomic mass is 32.2. The summed E-state index contributed by atoms with van der Waals surface area (Å²) in [5, 5.41) is 10.2. The van der Waals surface area contributed by atoms with Crippen LogP contribution in [0.1, 0.15) is 27.8 Å². The lowest BCUT2D eigenvalue weighted by Crippen LogP contribution is -2.44. The van der Waals surface area contributed by atoms with Crippen LogP contribution in [0.2, 0.25) is 0 Å². The van der Waals surface area contributed by atoms with Crippen molar-refractivity contribution in [1.82, 2.24) is 9.99 Å². The number of aromatic nitrogens is 1. The third-order valence-corrected chi connectivity index (χ3v) is 5.72. The lowest BCUT2D eigenvalue weighted by molar-refractivity contribution is -0.120. The molecule has 0 saturated heterocycles. The quantitative estimate of drug-likeness (QED) is 0.247. The monoisotopic (exact) mass is 466 g/mol. The number of pyridine rings is 1. The fourth-order valence-electron chi connectivity index (χ4n) is 3.21. The third kappa shape index (κ3) is 6.15. The second-order valence-corrected chi connectivity index (χ2v) is 8.26. The molecule has 33 heavy (non-hydrogen) atoms. The number of hydrogen-bond acceptors (Lipinski definition) is 5. The predicted octanol–water partition coefficient (Wildman–Crippen LogP) is 1.23. The Bertz CT molecular complexity index is 1230. The van der Waals surface area contributed by atoms with E-state index in [1.165, 1.54) is 6.20 Å². The van der Waals surface area contributed by atoms with E-state index in [4.69, 9.17) is 11.1 Å². The van der Waals surface area contributed by atoms with E-state index in [-0.39, 0.29) is 36.8 Å². The van der Waals surface area contributed by atoms with Gasteiger partial charge in [0.1, 0.15) is 5.84 Å². The van der Waals surface area contributed by atoms with E-state index in [0.717, 1.165) is 14.7 Å². The molecule has 1 aromatic heterocycles. The minimum atomic E-state index is -2.70. The molecule has 0 radical (unpaired) electrons. The van der Waals surface area contributed by atoms with Crippen molar-refractivity contribution in [2.45, 2.75) is 26.4 Å². The van der Waals surface area contributed by atoms with Gasteiger partial charge in [-0.2, -0.15) is 0 Å². The molecule has 4 N–H and O–H groups in total.